The number of carbonyl (C=O) groups excluding carboxylic acids is 1. The molecule has 0 aliphatic rings. The third-order valence-electron chi connectivity index (χ3n) is 2.16. The van der Waals surface area contributed by atoms with Crippen molar-refractivity contribution in [1.29, 1.82) is 0 Å². The molecule has 0 unspecified atom stereocenters. The van der Waals surface area contributed by atoms with Crippen molar-refractivity contribution >= 4 is 27.3 Å². The van der Waals surface area contributed by atoms with Gasteiger partial charge in [-0.3, -0.25) is 0 Å². The number of aromatic nitrogens is 1. The summed E-state index contributed by atoms with van der Waals surface area (Å²) < 4.78 is 35.9. The Hall–Kier alpha value is -1.29. The lowest BCUT2D eigenvalue weighted by Gasteiger charge is -2.06. The number of rotatable bonds is 9. The second-order valence-corrected chi connectivity index (χ2v) is 6.38. The van der Waals surface area contributed by atoms with E-state index in [0.717, 1.165) is 11.3 Å². The van der Waals surface area contributed by atoms with Crippen molar-refractivity contribution in [3.63, 3.8) is 0 Å². The van der Waals surface area contributed by atoms with Crippen LogP contribution in [0.5, 0.6) is 0 Å². The number of nitrogens with zero attached hydrogens (tertiary/aromatic N) is 1. The summed E-state index contributed by atoms with van der Waals surface area (Å²) in [6, 6.07) is 0. The summed E-state index contributed by atoms with van der Waals surface area (Å²) in [5, 5.41) is 0. The molecule has 0 spiro atoms. The van der Waals surface area contributed by atoms with Crippen LogP contribution in [0.4, 0.5) is 0 Å². The molecule has 0 saturated carbocycles. The van der Waals surface area contributed by atoms with Gasteiger partial charge in [-0.05, 0) is 6.42 Å². The molecule has 0 fully saturated rings. The van der Waals surface area contributed by atoms with Crippen molar-refractivity contribution in [2.45, 2.75) is 10.6 Å². The fourth-order valence-electron chi connectivity index (χ4n) is 1.24. The second-order valence-electron chi connectivity index (χ2n) is 3.57. The summed E-state index contributed by atoms with van der Waals surface area (Å²) in [5.41, 5.74) is 1.07. The predicted octanol–water partition coefficient (Wildman–Crippen LogP) is 0.801. The van der Waals surface area contributed by atoms with Gasteiger partial charge in [0, 0.05) is 6.54 Å². The van der Waals surface area contributed by atoms with Gasteiger partial charge in [0.05, 0.1) is 25.8 Å². The van der Waals surface area contributed by atoms with Crippen LogP contribution in [-0.4, -0.2) is 46.2 Å². The Morgan fingerprint density at radius 3 is 2.95 bits per heavy atom. The van der Waals surface area contributed by atoms with Gasteiger partial charge in [0.2, 0.25) is 0 Å². The number of esters is 1. The van der Waals surface area contributed by atoms with E-state index in [9.17, 15) is 13.2 Å². The smallest absolute Gasteiger partial charge is 0.358 e. The topological polar surface area (TPSA) is 94.6 Å². The lowest BCUT2D eigenvalue weighted by Crippen LogP contribution is -2.28. The number of sulfonamides is 1. The highest BCUT2D eigenvalue weighted by atomic mass is 32.2. The van der Waals surface area contributed by atoms with Crippen molar-refractivity contribution in [2.75, 3.05) is 26.9 Å². The first-order chi connectivity index (χ1) is 9.53. The monoisotopic (exact) mass is 320 g/mol. The Balaban J connectivity index is 2.59. The average Bonchev–Trinajstić information content (AvgIpc) is 2.92. The third-order valence-corrected chi connectivity index (χ3v) is 4.99. The molecule has 0 atom stereocenters. The van der Waals surface area contributed by atoms with Gasteiger partial charge < -0.3 is 9.47 Å². The molecule has 0 aromatic carbocycles. The maximum Gasteiger partial charge on any atom is 0.358 e. The quantitative estimate of drug-likeness (QED) is 0.411. The van der Waals surface area contributed by atoms with E-state index in [0.29, 0.717) is 13.0 Å². The average molecular weight is 320 g/mol. The van der Waals surface area contributed by atoms with Crippen LogP contribution in [0.25, 0.3) is 0 Å². The van der Waals surface area contributed by atoms with Crippen molar-refractivity contribution in [3.8, 4) is 0 Å². The number of nitrogens with one attached hydrogen (secondary N) is 1. The minimum absolute atomic E-state index is 0.109. The van der Waals surface area contributed by atoms with Crippen LogP contribution < -0.4 is 4.72 Å². The molecule has 1 rings (SSSR count). The molecule has 0 aliphatic heterocycles. The lowest BCUT2D eigenvalue weighted by atomic mass is 10.5. The van der Waals surface area contributed by atoms with Crippen LogP contribution in [-0.2, 0) is 19.5 Å². The van der Waals surface area contributed by atoms with E-state index in [-0.39, 0.29) is 23.1 Å². The van der Waals surface area contributed by atoms with Gasteiger partial charge in [-0.1, -0.05) is 6.08 Å². The van der Waals surface area contributed by atoms with E-state index < -0.39 is 16.0 Å². The van der Waals surface area contributed by atoms with Gasteiger partial charge in [-0.25, -0.2) is 22.9 Å². The lowest BCUT2D eigenvalue weighted by molar-refractivity contribution is 0.0590. The highest BCUT2D eigenvalue weighted by Gasteiger charge is 2.26. The van der Waals surface area contributed by atoms with Crippen molar-refractivity contribution in [2.24, 2.45) is 0 Å². The van der Waals surface area contributed by atoms with Gasteiger partial charge in [-0.15, -0.1) is 17.9 Å². The standard InChI is InChI=1S/C11H16N2O5S2/c1-3-4-6-18-7-5-13-20(15,16)11-9(10(14)17-2)12-8-19-11/h3,8,13H,1,4-7H2,2H3. The minimum Gasteiger partial charge on any atom is -0.464 e. The van der Waals surface area contributed by atoms with Crippen LogP contribution in [0.3, 0.4) is 0 Å². The molecule has 7 nitrogen and oxygen atoms in total. The van der Waals surface area contributed by atoms with E-state index in [1.165, 1.54) is 12.6 Å². The Morgan fingerprint density at radius 2 is 2.30 bits per heavy atom. The molecule has 0 amide bonds. The van der Waals surface area contributed by atoms with Crippen LogP contribution in [0.2, 0.25) is 0 Å². The SMILES string of the molecule is C=CCCOCCNS(=O)(=O)c1scnc1C(=O)OC. The molecule has 1 N–H and O–H groups in total. The van der Waals surface area contributed by atoms with E-state index in [1.54, 1.807) is 6.08 Å². The van der Waals surface area contributed by atoms with Gasteiger partial charge in [0.15, 0.2) is 9.90 Å². The van der Waals surface area contributed by atoms with Crippen molar-refractivity contribution < 1.29 is 22.7 Å². The third kappa shape index (κ3) is 4.67. The van der Waals surface area contributed by atoms with Crippen LogP contribution in [0, 0.1) is 0 Å². The fourth-order valence-corrected chi connectivity index (χ4v) is 3.43. The second kappa shape index (κ2) is 8.10. The maximum atomic E-state index is 12.0. The summed E-state index contributed by atoms with van der Waals surface area (Å²) in [4.78, 5) is 15.1. The summed E-state index contributed by atoms with van der Waals surface area (Å²) in [6.07, 6.45) is 2.41. The Kier molecular flexibility index (Phi) is 6.79. The maximum absolute atomic E-state index is 12.0. The zero-order chi connectivity index (χ0) is 15.0. The molecule has 1 heterocycles. The van der Waals surface area contributed by atoms with Crippen molar-refractivity contribution in [1.82, 2.24) is 9.71 Å². The summed E-state index contributed by atoms with van der Waals surface area (Å²) in [7, 11) is -2.62. The molecule has 1 aromatic rings. The van der Waals surface area contributed by atoms with Crippen LogP contribution >= 0.6 is 11.3 Å². The van der Waals surface area contributed by atoms with Gasteiger partial charge in [0.25, 0.3) is 10.0 Å². The first-order valence-corrected chi connectivity index (χ1v) is 8.09. The minimum atomic E-state index is -3.79. The Labute approximate surface area is 121 Å². The van der Waals surface area contributed by atoms with Crippen molar-refractivity contribution in [3.05, 3.63) is 23.9 Å². The van der Waals surface area contributed by atoms with Gasteiger partial charge >= 0.3 is 5.97 Å². The molecule has 0 radical (unpaired) electrons. The zero-order valence-corrected chi connectivity index (χ0v) is 12.6. The fraction of sp³-hybridized carbons (Fsp3) is 0.455. The summed E-state index contributed by atoms with van der Waals surface area (Å²) in [5.74, 6) is -0.783. The number of carbonyl (C=O) groups is 1. The molecule has 1 aromatic heterocycles. The molecule has 0 saturated heterocycles. The first kappa shape index (κ1) is 16.8. The molecule has 20 heavy (non-hydrogen) atoms. The van der Waals surface area contributed by atoms with Crippen LogP contribution in [0.15, 0.2) is 22.4 Å². The summed E-state index contributed by atoms with van der Waals surface area (Å²) in [6.45, 7) is 4.37. The van der Waals surface area contributed by atoms with E-state index in [4.69, 9.17) is 4.74 Å². The number of hydrogen-bond acceptors (Lipinski definition) is 7. The number of hydrogen-bond donors (Lipinski definition) is 1. The number of methoxy groups -OCH3 is 1. The van der Waals surface area contributed by atoms with Crippen LogP contribution in [0.1, 0.15) is 16.9 Å². The first-order valence-electron chi connectivity index (χ1n) is 5.73. The predicted molar refractivity (Wildman–Crippen MR) is 74.3 cm³/mol. The summed E-state index contributed by atoms with van der Waals surface area (Å²) >= 11 is 0.856. The van der Waals surface area contributed by atoms with E-state index in [2.05, 4.69) is 21.0 Å². The molecular weight excluding hydrogens is 304 g/mol. The van der Waals surface area contributed by atoms with E-state index in [1.807, 2.05) is 0 Å². The highest BCUT2D eigenvalue weighted by Crippen LogP contribution is 2.20. The Bertz CT molecular complexity index is 553. The number of ether oxygens (including phenoxy) is 2. The number of thiazole rings is 1. The van der Waals surface area contributed by atoms with E-state index >= 15 is 0 Å². The Morgan fingerprint density at radius 1 is 1.55 bits per heavy atom. The van der Waals surface area contributed by atoms with Gasteiger partial charge in [0.1, 0.15) is 0 Å². The highest BCUT2D eigenvalue weighted by molar-refractivity contribution is 7.91. The molecule has 9 heteroatoms. The largest absolute Gasteiger partial charge is 0.464 e. The molecule has 0 aliphatic carbocycles. The zero-order valence-electron chi connectivity index (χ0n) is 11.0. The molecular formula is C11H16N2O5S2. The molecule has 0 bridgehead atoms. The molecule has 112 valence electrons. The van der Waals surface area contributed by atoms with Gasteiger partial charge in [-0.2, -0.15) is 0 Å². The normalized spacial score (nSPS) is 11.2.